The molecule has 4 rings (SSSR count). The Hall–Kier alpha value is -2.99. The van der Waals surface area contributed by atoms with Gasteiger partial charge in [-0.05, 0) is 12.1 Å². The molecule has 3 aromatic heterocycles. The number of primary amides is 1. The molecule has 1 aliphatic heterocycles. The van der Waals surface area contributed by atoms with Crippen LogP contribution >= 0.6 is 0 Å². The average Bonchev–Trinajstić information content (AvgIpc) is 3.33. The molecule has 0 aromatic carbocycles. The zero-order valence-electron chi connectivity index (χ0n) is 13.9. The van der Waals surface area contributed by atoms with Crippen molar-refractivity contribution < 1.29 is 29.3 Å². The van der Waals surface area contributed by atoms with Crippen LogP contribution in [-0.2, 0) is 4.74 Å². The first-order valence-electron chi connectivity index (χ1n) is 8.06. The van der Waals surface area contributed by atoms with Crippen LogP contribution in [0, 0.1) is 0 Å². The lowest BCUT2D eigenvalue weighted by molar-refractivity contribution is -0.0502. The molecule has 0 bridgehead atoms. The Balaban J connectivity index is 2.07. The number of carbonyl (C=O) groups excluding carboxylic acids is 1. The molecule has 1 fully saturated rings. The molecule has 4 atom stereocenters. The first-order chi connectivity index (χ1) is 13.0. The third-order valence-electron chi connectivity index (χ3n) is 4.59. The molecule has 27 heavy (non-hydrogen) atoms. The van der Waals surface area contributed by atoms with Crippen LogP contribution < -0.4 is 11.5 Å². The van der Waals surface area contributed by atoms with Gasteiger partial charge in [-0.3, -0.25) is 9.36 Å². The zero-order chi connectivity index (χ0) is 19.3. The molecule has 0 aliphatic carbocycles. The molecule has 0 saturated carbocycles. The monoisotopic (exact) mass is 375 g/mol. The summed E-state index contributed by atoms with van der Waals surface area (Å²) in [5.41, 5.74) is 11.9. The number of furan rings is 1. The molecule has 0 spiro atoms. The number of nitrogen functional groups attached to an aromatic ring is 1. The lowest BCUT2D eigenvalue weighted by Crippen LogP contribution is -2.33. The second kappa shape index (κ2) is 6.32. The number of amides is 1. The van der Waals surface area contributed by atoms with E-state index in [0.717, 1.165) is 0 Å². The first kappa shape index (κ1) is 17.4. The van der Waals surface area contributed by atoms with Crippen molar-refractivity contribution in [2.45, 2.75) is 24.5 Å². The summed E-state index contributed by atoms with van der Waals surface area (Å²) in [6.45, 7) is -0.510. The van der Waals surface area contributed by atoms with Crippen molar-refractivity contribution >= 4 is 22.8 Å². The van der Waals surface area contributed by atoms with Crippen molar-refractivity contribution in [3.63, 3.8) is 0 Å². The van der Waals surface area contributed by atoms with Crippen molar-refractivity contribution in [1.29, 1.82) is 0 Å². The number of nitrogens with zero attached hydrogens (tertiary/aromatic N) is 3. The molecular formula is C16H17N5O6. The van der Waals surface area contributed by atoms with Crippen molar-refractivity contribution in [1.82, 2.24) is 14.5 Å². The minimum absolute atomic E-state index is 0.00390. The highest BCUT2D eigenvalue weighted by atomic mass is 16.6. The van der Waals surface area contributed by atoms with Crippen molar-refractivity contribution in [2.24, 2.45) is 5.73 Å². The highest BCUT2D eigenvalue weighted by Gasteiger charge is 2.46. The molecule has 1 amide bonds. The van der Waals surface area contributed by atoms with Gasteiger partial charge in [-0.25, -0.2) is 9.97 Å². The van der Waals surface area contributed by atoms with Crippen LogP contribution in [0.15, 0.2) is 29.1 Å². The SMILES string of the molecule is NC(=O)c1c(-c2ccco2)n([C@H]2O[C@@H](CO)[C@@H](O)[C@@H]2O)c2ncnc(N)c12. The highest BCUT2D eigenvalue weighted by Crippen LogP contribution is 2.41. The van der Waals surface area contributed by atoms with Crippen LogP contribution in [0.1, 0.15) is 16.6 Å². The van der Waals surface area contributed by atoms with E-state index in [4.69, 9.17) is 20.6 Å². The van der Waals surface area contributed by atoms with E-state index < -0.39 is 37.1 Å². The lowest BCUT2D eigenvalue weighted by Gasteiger charge is -2.20. The molecule has 7 N–H and O–H groups in total. The summed E-state index contributed by atoms with van der Waals surface area (Å²) < 4.78 is 12.4. The van der Waals surface area contributed by atoms with Crippen LogP contribution in [-0.4, -0.2) is 60.7 Å². The average molecular weight is 375 g/mol. The number of nitrogens with two attached hydrogens (primary N) is 2. The van der Waals surface area contributed by atoms with Crippen LogP contribution in [0.3, 0.4) is 0 Å². The minimum Gasteiger partial charge on any atom is -0.463 e. The van der Waals surface area contributed by atoms with Crippen molar-refractivity contribution in [3.8, 4) is 11.5 Å². The topological polar surface area (TPSA) is 183 Å². The maximum absolute atomic E-state index is 12.2. The maximum Gasteiger partial charge on any atom is 0.251 e. The number of ether oxygens (including phenoxy) is 1. The van der Waals surface area contributed by atoms with E-state index in [-0.39, 0.29) is 33.9 Å². The van der Waals surface area contributed by atoms with Gasteiger partial charge in [-0.15, -0.1) is 0 Å². The Morgan fingerprint density at radius 2 is 2.07 bits per heavy atom. The van der Waals surface area contributed by atoms with Gasteiger partial charge < -0.3 is 35.9 Å². The second-order valence-corrected chi connectivity index (χ2v) is 6.12. The first-order valence-corrected chi connectivity index (χ1v) is 8.06. The fourth-order valence-corrected chi connectivity index (χ4v) is 3.39. The molecule has 0 unspecified atom stereocenters. The molecule has 11 heteroatoms. The smallest absolute Gasteiger partial charge is 0.251 e. The van der Waals surface area contributed by atoms with E-state index in [1.807, 2.05) is 0 Å². The Kier molecular flexibility index (Phi) is 4.08. The van der Waals surface area contributed by atoms with Gasteiger partial charge in [0.05, 0.1) is 23.8 Å². The Morgan fingerprint density at radius 1 is 1.30 bits per heavy atom. The van der Waals surface area contributed by atoms with E-state index in [9.17, 15) is 20.1 Å². The van der Waals surface area contributed by atoms with Crippen molar-refractivity contribution in [3.05, 3.63) is 30.3 Å². The maximum atomic E-state index is 12.2. The third-order valence-corrected chi connectivity index (χ3v) is 4.59. The fraction of sp³-hybridized carbons (Fsp3) is 0.312. The summed E-state index contributed by atoms with van der Waals surface area (Å²) in [5, 5.41) is 30.2. The van der Waals surface area contributed by atoms with Gasteiger partial charge in [0.2, 0.25) is 0 Å². The highest BCUT2D eigenvalue weighted by molar-refractivity contribution is 6.14. The predicted molar refractivity (Wildman–Crippen MR) is 91.2 cm³/mol. The second-order valence-electron chi connectivity index (χ2n) is 6.12. The molecule has 1 saturated heterocycles. The summed E-state index contributed by atoms with van der Waals surface area (Å²) >= 11 is 0. The van der Waals surface area contributed by atoms with Crippen LogP contribution in [0.4, 0.5) is 5.82 Å². The van der Waals surface area contributed by atoms with Crippen molar-refractivity contribution in [2.75, 3.05) is 12.3 Å². The molecular weight excluding hydrogens is 358 g/mol. The lowest BCUT2D eigenvalue weighted by atomic mass is 10.1. The quantitative estimate of drug-likeness (QED) is 0.381. The molecule has 11 nitrogen and oxygen atoms in total. The van der Waals surface area contributed by atoms with E-state index in [0.29, 0.717) is 0 Å². The number of aliphatic hydroxyl groups is 3. The zero-order valence-corrected chi connectivity index (χ0v) is 13.9. The van der Waals surface area contributed by atoms with Gasteiger partial charge >= 0.3 is 0 Å². The van der Waals surface area contributed by atoms with E-state index >= 15 is 0 Å². The van der Waals surface area contributed by atoms with Gasteiger partial charge in [0.25, 0.3) is 5.91 Å². The molecule has 4 heterocycles. The third kappa shape index (κ3) is 2.48. The number of aromatic nitrogens is 3. The number of hydrogen-bond donors (Lipinski definition) is 5. The predicted octanol–water partition coefficient (Wildman–Crippen LogP) is -1.02. The summed E-state index contributed by atoms with van der Waals surface area (Å²) in [6, 6.07) is 3.19. The normalized spacial score (nSPS) is 25.3. The summed E-state index contributed by atoms with van der Waals surface area (Å²) in [7, 11) is 0. The minimum atomic E-state index is -1.41. The van der Waals surface area contributed by atoms with E-state index in [1.54, 1.807) is 12.1 Å². The van der Waals surface area contributed by atoms with Gasteiger partial charge in [0, 0.05) is 0 Å². The Labute approximate surface area is 151 Å². The summed E-state index contributed by atoms with van der Waals surface area (Å²) in [6.07, 6.45) is -2.38. The summed E-state index contributed by atoms with van der Waals surface area (Å²) in [5.74, 6) is -0.551. The number of rotatable bonds is 4. The fourth-order valence-electron chi connectivity index (χ4n) is 3.39. The van der Waals surface area contributed by atoms with Gasteiger partial charge in [-0.2, -0.15) is 0 Å². The molecule has 142 valence electrons. The van der Waals surface area contributed by atoms with Gasteiger partial charge in [-0.1, -0.05) is 0 Å². The van der Waals surface area contributed by atoms with E-state index in [2.05, 4.69) is 9.97 Å². The molecule has 0 radical (unpaired) electrons. The largest absolute Gasteiger partial charge is 0.463 e. The number of hydrogen-bond acceptors (Lipinski definition) is 9. The Morgan fingerprint density at radius 3 is 2.67 bits per heavy atom. The van der Waals surface area contributed by atoms with Crippen LogP contribution in [0.25, 0.3) is 22.5 Å². The van der Waals surface area contributed by atoms with Gasteiger partial charge in [0.15, 0.2) is 12.0 Å². The number of carbonyl (C=O) groups is 1. The Bertz CT molecular complexity index is 1000. The van der Waals surface area contributed by atoms with E-state index in [1.165, 1.54) is 17.2 Å². The number of aliphatic hydroxyl groups excluding tert-OH is 3. The van der Waals surface area contributed by atoms with Gasteiger partial charge in [0.1, 0.15) is 41.8 Å². The standard InChI is InChI=1S/C16H17N5O6/c17-13-9-8(14(18)25)10(6-2-1-3-26-6)21(15(9)20-5-19-13)16-12(24)11(23)7(4-22)27-16/h1-3,5,7,11-12,16,22-24H,4H2,(H2,18,25)(H2,17,19,20)/t7-,11+,12-,16-/m0/s1. The molecule has 1 aliphatic rings. The van der Waals surface area contributed by atoms with Crippen LogP contribution in [0.5, 0.6) is 0 Å². The summed E-state index contributed by atoms with van der Waals surface area (Å²) in [4.78, 5) is 20.3. The molecule has 3 aromatic rings. The van der Waals surface area contributed by atoms with Crippen LogP contribution in [0.2, 0.25) is 0 Å². The number of fused-ring (bicyclic) bond motifs is 1. The number of anilines is 1.